The number of amides is 2. The number of anilines is 2. The summed E-state index contributed by atoms with van der Waals surface area (Å²) in [5.41, 5.74) is 1.48. The third kappa shape index (κ3) is 6.27. The van der Waals surface area contributed by atoms with E-state index >= 15 is 0 Å². The average Bonchev–Trinajstić information content (AvgIpc) is 2.72. The molecule has 8 heteroatoms. The first-order valence-electron chi connectivity index (χ1n) is 9.20. The van der Waals surface area contributed by atoms with Gasteiger partial charge in [-0.25, -0.2) is 0 Å². The summed E-state index contributed by atoms with van der Waals surface area (Å²) in [7, 11) is 0. The molecule has 0 fully saturated rings. The van der Waals surface area contributed by atoms with Crippen LogP contribution in [0.4, 0.5) is 24.5 Å². The van der Waals surface area contributed by atoms with Crippen molar-refractivity contribution in [3.63, 3.8) is 0 Å². The Kier molecular flexibility index (Phi) is 6.49. The fourth-order valence-corrected chi connectivity index (χ4v) is 2.74. The SMILES string of the molecule is Cc1cncc(NC(=O)/C=C/c2cccc(NC(=O)c3cccc(C(F)(F)F)c3)c2)c1. The van der Waals surface area contributed by atoms with E-state index in [0.717, 1.165) is 17.7 Å². The zero-order valence-electron chi connectivity index (χ0n) is 16.4. The molecule has 0 bridgehead atoms. The number of pyridine rings is 1. The largest absolute Gasteiger partial charge is 0.416 e. The summed E-state index contributed by atoms with van der Waals surface area (Å²) in [5.74, 6) is -1.03. The standard InChI is InChI=1S/C23H18F3N3O2/c1-15-10-20(14-27-13-15)28-21(30)9-8-16-4-2-7-19(11-16)29-22(31)17-5-3-6-18(12-17)23(24,25)26/h2-14H,1H3,(H,28,30)(H,29,31)/b9-8+. The van der Waals surface area contributed by atoms with E-state index in [1.165, 1.54) is 24.4 Å². The van der Waals surface area contributed by atoms with Gasteiger partial charge in [-0.15, -0.1) is 0 Å². The number of rotatable bonds is 5. The van der Waals surface area contributed by atoms with E-state index in [1.54, 1.807) is 42.6 Å². The van der Waals surface area contributed by atoms with Gasteiger partial charge in [-0.3, -0.25) is 14.6 Å². The monoisotopic (exact) mass is 425 g/mol. The Morgan fingerprint density at radius 3 is 2.45 bits per heavy atom. The van der Waals surface area contributed by atoms with Crippen LogP contribution < -0.4 is 10.6 Å². The number of hydrogen-bond donors (Lipinski definition) is 2. The Hall–Kier alpha value is -3.94. The highest BCUT2D eigenvalue weighted by atomic mass is 19.4. The summed E-state index contributed by atoms with van der Waals surface area (Å²) in [5, 5.41) is 5.25. The van der Waals surface area contributed by atoms with E-state index in [4.69, 9.17) is 0 Å². The van der Waals surface area contributed by atoms with Crippen molar-refractivity contribution in [1.29, 1.82) is 0 Å². The van der Waals surface area contributed by atoms with Gasteiger partial charge in [-0.1, -0.05) is 18.2 Å². The van der Waals surface area contributed by atoms with Crippen LogP contribution in [0.25, 0.3) is 6.08 Å². The maximum Gasteiger partial charge on any atom is 0.416 e. The number of aromatic nitrogens is 1. The van der Waals surface area contributed by atoms with Crippen LogP contribution in [0.5, 0.6) is 0 Å². The van der Waals surface area contributed by atoms with Crippen molar-refractivity contribution in [1.82, 2.24) is 4.98 Å². The number of benzene rings is 2. The highest BCUT2D eigenvalue weighted by Crippen LogP contribution is 2.29. The Bertz CT molecular complexity index is 1140. The number of hydrogen-bond acceptors (Lipinski definition) is 3. The van der Waals surface area contributed by atoms with Gasteiger partial charge >= 0.3 is 6.18 Å². The van der Waals surface area contributed by atoms with E-state index in [1.807, 2.05) is 6.92 Å². The second-order valence-electron chi connectivity index (χ2n) is 6.73. The molecule has 158 valence electrons. The van der Waals surface area contributed by atoms with Gasteiger partial charge in [0.05, 0.1) is 17.4 Å². The van der Waals surface area contributed by atoms with Crippen molar-refractivity contribution in [2.24, 2.45) is 0 Å². The molecule has 0 atom stereocenters. The summed E-state index contributed by atoms with van der Waals surface area (Å²) in [6.45, 7) is 1.86. The molecule has 3 rings (SSSR count). The summed E-state index contributed by atoms with van der Waals surface area (Å²) in [6.07, 6.45) is 1.55. The lowest BCUT2D eigenvalue weighted by Crippen LogP contribution is -2.14. The van der Waals surface area contributed by atoms with Crippen LogP contribution in [0.3, 0.4) is 0 Å². The lowest BCUT2D eigenvalue weighted by Gasteiger charge is -2.09. The molecule has 0 radical (unpaired) electrons. The van der Waals surface area contributed by atoms with E-state index in [-0.39, 0.29) is 11.5 Å². The molecule has 2 amide bonds. The topological polar surface area (TPSA) is 71.1 Å². The number of nitrogens with zero attached hydrogens (tertiary/aromatic N) is 1. The molecule has 0 aliphatic heterocycles. The van der Waals surface area contributed by atoms with Crippen molar-refractivity contribution < 1.29 is 22.8 Å². The van der Waals surface area contributed by atoms with Crippen molar-refractivity contribution in [3.05, 3.63) is 95.3 Å². The predicted octanol–water partition coefficient (Wildman–Crippen LogP) is 5.31. The number of carbonyl (C=O) groups is 2. The molecule has 1 heterocycles. The first-order valence-corrected chi connectivity index (χ1v) is 9.20. The van der Waals surface area contributed by atoms with Gasteiger partial charge < -0.3 is 10.6 Å². The molecule has 0 saturated carbocycles. The van der Waals surface area contributed by atoms with E-state index in [9.17, 15) is 22.8 Å². The highest BCUT2D eigenvalue weighted by Gasteiger charge is 2.30. The normalized spacial score (nSPS) is 11.4. The minimum absolute atomic E-state index is 0.109. The summed E-state index contributed by atoms with van der Waals surface area (Å²) >= 11 is 0. The molecule has 0 aliphatic rings. The molecule has 2 aromatic carbocycles. The lowest BCUT2D eigenvalue weighted by atomic mass is 10.1. The van der Waals surface area contributed by atoms with Crippen molar-refractivity contribution in [2.75, 3.05) is 10.6 Å². The minimum Gasteiger partial charge on any atom is -0.322 e. The van der Waals surface area contributed by atoms with Crippen molar-refractivity contribution in [3.8, 4) is 0 Å². The summed E-state index contributed by atoms with van der Waals surface area (Å²) in [6, 6.07) is 12.5. The maximum atomic E-state index is 12.8. The Labute approximate surface area is 176 Å². The zero-order chi connectivity index (χ0) is 22.4. The molecule has 0 spiro atoms. The molecule has 2 N–H and O–H groups in total. The van der Waals surface area contributed by atoms with Gasteiger partial charge in [-0.05, 0) is 60.5 Å². The molecular formula is C23H18F3N3O2. The Morgan fingerprint density at radius 1 is 0.935 bits per heavy atom. The maximum absolute atomic E-state index is 12.8. The van der Waals surface area contributed by atoms with Crippen LogP contribution in [-0.4, -0.2) is 16.8 Å². The van der Waals surface area contributed by atoms with Gasteiger partial charge in [0.1, 0.15) is 0 Å². The number of halogens is 3. The second-order valence-corrected chi connectivity index (χ2v) is 6.73. The van der Waals surface area contributed by atoms with E-state index in [2.05, 4.69) is 15.6 Å². The Balaban J connectivity index is 1.67. The lowest BCUT2D eigenvalue weighted by molar-refractivity contribution is -0.137. The second kappa shape index (κ2) is 9.25. The van der Waals surface area contributed by atoms with Gasteiger partial charge in [0, 0.05) is 23.5 Å². The van der Waals surface area contributed by atoms with Crippen LogP contribution in [0, 0.1) is 6.92 Å². The van der Waals surface area contributed by atoms with Crippen LogP contribution in [0.15, 0.2) is 73.1 Å². The number of carbonyl (C=O) groups excluding carboxylic acids is 2. The first-order chi connectivity index (χ1) is 14.7. The zero-order valence-corrected chi connectivity index (χ0v) is 16.4. The van der Waals surface area contributed by atoms with Crippen molar-refractivity contribution >= 4 is 29.3 Å². The van der Waals surface area contributed by atoms with Crippen LogP contribution in [-0.2, 0) is 11.0 Å². The fourth-order valence-electron chi connectivity index (χ4n) is 2.74. The molecule has 3 aromatic rings. The molecule has 5 nitrogen and oxygen atoms in total. The van der Waals surface area contributed by atoms with Gasteiger partial charge in [0.25, 0.3) is 5.91 Å². The van der Waals surface area contributed by atoms with Gasteiger partial charge in [0.15, 0.2) is 0 Å². The average molecular weight is 425 g/mol. The van der Waals surface area contributed by atoms with Crippen molar-refractivity contribution in [2.45, 2.75) is 13.1 Å². The van der Waals surface area contributed by atoms with E-state index < -0.39 is 17.6 Å². The summed E-state index contributed by atoms with van der Waals surface area (Å²) in [4.78, 5) is 28.4. The Morgan fingerprint density at radius 2 is 1.71 bits per heavy atom. The molecule has 0 unspecified atom stereocenters. The molecule has 0 aliphatic carbocycles. The summed E-state index contributed by atoms with van der Waals surface area (Å²) < 4.78 is 38.5. The van der Waals surface area contributed by atoms with Crippen LogP contribution in [0.1, 0.15) is 27.0 Å². The third-order valence-corrected chi connectivity index (χ3v) is 4.17. The third-order valence-electron chi connectivity index (χ3n) is 4.17. The number of alkyl halides is 3. The van der Waals surface area contributed by atoms with E-state index in [0.29, 0.717) is 16.9 Å². The first kappa shape index (κ1) is 21.8. The molecule has 1 aromatic heterocycles. The molecular weight excluding hydrogens is 407 g/mol. The molecule has 31 heavy (non-hydrogen) atoms. The van der Waals surface area contributed by atoms with Gasteiger partial charge in [-0.2, -0.15) is 13.2 Å². The highest BCUT2D eigenvalue weighted by molar-refractivity contribution is 6.05. The predicted molar refractivity (Wildman–Crippen MR) is 112 cm³/mol. The van der Waals surface area contributed by atoms with Gasteiger partial charge in [0.2, 0.25) is 5.91 Å². The number of aryl methyl sites for hydroxylation is 1. The minimum atomic E-state index is -4.53. The smallest absolute Gasteiger partial charge is 0.322 e. The van der Waals surface area contributed by atoms with Crippen LogP contribution in [0.2, 0.25) is 0 Å². The number of nitrogens with one attached hydrogen (secondary N) is 2. The molecule has 0 saturated heterocycles. The fraction of sp³-hybridized carbons (Fsp3) is 0.0870. The van der Waals surface area contributed by atoms with Crippen LogP contribution >= 0.6 is 0 Å². The quantitative estimate of drug-likeness (QED) is 0.544.